The van der Waals surface area contributed by atoms with Gasteiger partial charge in [0.15, 0.2) is 11.6 Å². The van der Waals surface area contributed by atoms with Crippen LogP contribution in [0.2, 0.25) is 0 Å². The average Bonchev–Trinajstić information content (AvgIpc) is 2.38. The molecule has 0 aliphatic carbocycles. The monoisotopic (exact) mass is 265 g/mol. The third kappa shape index (κ3) is 2.96. The fourth-order valence-electron chi connectivity index (χ4n) is 1.64. The second-order valence-corrected chi connectivity index (χ2v) is 3.97. The first-order valence-electron chi connectivity index (χ1n) is 5.84. The van der Waals surface area contributed by atoms with E-state index in [1.165, 1.54) is 6.33 Å². The molecule has 0 atom stereocenters. The molecule has 0 amide bonds. The lowest BCUT2D eigenvalue weighted by Gasteiger charge is -2.11. The van der Waals surface area contributed by atoms with E-state index in [9.17, 15) is 8.78 Å². The van der Waals surface area contributed by atoms with Crippen molar-refractivity contribution in [1.82, 2.24) is 9.97 Å². The predicted molar refractivity (Wildman–Crippen MR) is 66.9 cm³/mol. The van der Waals surface area contributed by atoms with Crippen molar-refractivity contribution in [2.45, 2.75) is 19.8 Å². The van der Waals surface area contributed by atoms with Crippen molar-refractivity contribution in [1.29, 1.82) is 0 Å². The van der Waals surface area contributed by atoms with E-state index in [-0.39, 0.29) is 17.4 Å². The summed E-state index contributed by atoms with van der Waals surface area (Å²) in [5.41, 5.74) is 6.32. The fourth-order valence-corrected chi connectivity index (χ4v) is 1.64. The molecule has 100 valence electrons. The molecule has 2 rings (SSSR count). The number of aromatic nitrogens is 2. The molecule has 0 aliphatic heterocycles. The molecule has 0 radical (unpaired) electrons. The first-order chi connectivity index (χ1) is 9.11. The minimum Gasteiger partial charge on any atom is -0.435 e. The Balaban J connectivity index is 2.37. The Kier molecular flexibility index (Phi) is 3.89. The Morgan fingerprint density at radius 1 is 1.26 bits per heavy atom. The molecule has 2 aromatic rings. The lowest BCUT2D eigenvalue weighted by molar-refractivity contribution is 0.417. The maximum Gasteiger partial charge on any atom is 0.227 e. The molecule has 0 fully saturated rings. The number of nitrogens with zero attached hydrogens (tertiary/aromatic N) is 2. The number of ether oxygens (including phenoxy) is 1. The average molecular weight is 265 g/mol. The molecule has 19 heavy (non-hydrogen) atoms. The summed E-state index contributed by atoms with van der Waals surface area (Å²) in [5.74, 6) is -1.05. The molecule has 0 spiro atoms. The van der Waals surface area contributed by atoms with Crippen LogP contribution in [0, 0.1) is 11.6 Å². The second-order valence-electron chi connectivity index (χ2n) is 3.97. The zero-order chi connectivity index (χ0) is 13.8. The summed E-state index contributed by atoms with van der Waals surface area (Å²) < 4.78 is 31.9. The van der Waals surface area contributed by atoms with Gasteiger partial charge in [0.05, 0.1) is 5.56 Å². The quantitative estimate of drug-likeness (QED) is 0.922. The predicted octanol–water partition coefficient (Wildman–Crippen LogP) is 3.08. The Morgan fingerprint density at radius 2 is 2.05 bits per heavy atom. The van der Waals surface area contributed by atoms with Gasteiger partial charge < -0.3 is 10.5 Å². The van der Waals surface area contributed by atoms with Crippen LogP contribution in [0.4, 0.5) is 14.6 Å². The van der Waals surface area contributed by atoms with Gasteiger partial charge in [0.25, 0.3) is 0 Å². The van der Waals surface area contributed by atoms with Crippen LogP contribution in [0.1, 0.15) is 18.9 Å². The summed E-state index contributed by atoms with van der Waals surface area (Å²) in [4.78, 5) is 7.78. The van der Waals surface area contributed by atoms with Gasteiger partial charge in [-0.05, 0) is 18.6 Å². The van der Waals surface area contributed by atoms with Crippen molar-refractivity contribution in [3.05, 3.63) is 41.7 Å². The number of halogens is 2. The lowest BCUT2D eigenvalue weighted by Crippen LogP contribution is -2.03. The molecule has 1 aromatic carbocycles. The maximum absolute atomic E-state index is 13.5. The number of anilines is 1. The van der Waals surface area contributed by atoms with Crippen molar-refractivity contribution in [3.63, 3.8) is 0 Å². The SMILES string of the molecule is CCCc1c(N)ncnc1Oc1cc(F)ccc1F. The number of hydrogen-bond acceptors (Lipinski definition) is 4. The highest BCUT2D eigenvalue weighted by atomic mass is 19.1. The molecule has 0 saturated carbocycles. The summed E-state index contributed by atoms with van der Waals surface area (Å²) in [6.45, 7) is 1.96. The van der Waals surface area contributed by atoms with Crippen LogP contribution in [0.5, 0.6) is 11.6 Å². The molecule has 6 heteroatoms. The molecule has 0 saturated heterocycles. The second kappa shape index (κ2) is 5.60. The Morgan fingerprint density at radius 3 is 2.79 bits per heavy atom. The highest BCUT2D eigenvalue weighted by Gasteiger charge is 2.13. The van der Waals surface area contributed by atoms with Gasteiger partial charge in [-0.25, -0.2) is 18.7 Å². The number of rotatable bonds is 4. The smallest absolute Gasteiger partial charge is 0.227 e. The molecular formula is C13H13F2N3O. The molecule has 0 unspecified atom stereocenters. The van der Waals surface area contributed by atoms with Gasteiger partial charge in [0.1, 0.15) is 18.0 Å². The summed E-state index contributed by atoms with van der Waals surface area (Å²) in [6, 6.07) is 2.97. The van der Waals surface area contributed by atoms with E-state index in [0.29, 0.717) is 12.0 Å². The van der Waals surface area contributed by atoms with E-state index in [2.05, 4.69) is 9.97 Å². The van der Waals surface area contributed by atoms with Crippen LogP contribution in [-0.2, 0) is 6.42 Å². The van der Waals surface area contributed by atoms with Crippen LogP contribution >= 0.6 is 0 Å². The van der Waals surface area contributed by atoms with E-state index >= 15 is 0 Å². The number of hydrogen-bond donors (Lipinski definition) is 1. The van der Waals surface area contributed by atoms with Crippen LogP contribution in [-0.4, -0.2) is 9.97 Å². The van der Waals surface area contributed by atoms with Crippen molar-refractivity contribution >= 4 is 5.82 Å². The van der Waals surface area contributed by atoms with E-state index in [1.54, 1.807) is 0 Å². The van der Waals surface area contributed by atoms with Gasteiger partial charge in [-0.15, -0.1) is 0 Å². The summed E-state index contributed by atoms with van der Waals surface area (Å²) in [5, 5.41) is 0. The highest BCUT2D eigenvalue weighted by molar-refractivity contribution is 5.46. The fraction of sp³-hybridized carbons (Fsp3) is 0.231. The molecule has 2 N–H and O–H groups in total. The minimum atomic E-state index is -0.666. The topological polar surface area (TPSA) is 61.0 Å². The van der Waals surface area contributed by atoms with Crippen LogP contribution in [0.3, 0.4) is 0 Å². The van der Waals surface area contributed by atoms with Gasteiger partial charge in [-0.3, -0.25) is 0 Å². The van der Waals surface area contributed by atoms with E-state index < -0.39 is 11.6 Å². The minimum absolute atomic E-state index is 0.152. The molecule has 1 heterocycles. The molecule has 0 aliphatic rings. The largest absolute Gasteiger partial charge is 0.435 e. The summed E-state index contributed by atoms with van der Waals surface area (Å²) in [7, 11) is 0. The van der Waals surface area contributed by atoms with Crippen molar-refractivity contribution in [2.24, 2.45) is 0 Å². The molecule has 0 bridgehead atoms. The van der Waals surface area contributed by atoms with Crippen LogP contribution in [0.15, 0.2) is 24.5 Å². The molecule has 1 aromatic heterocycles. The van der Waals surface area contributed by atoms with Gasteiger partial charge >= 0.3 is 0 Å². The molecular weight excluding hydrogens is 252 g/mol. The van der Waals surface area contributed by atoms with Crippen molar-refractivity contribution < 1.29 is 13.5 Å². The van der Waals surface area contributed by atoms with Gasteiger partial charge in [-0.1, -0.05) is 13.3 Å². The first-order valence-corrected chi connectivity index (χ1v) is 5.84. The Labute approximate surface area is 109 Å². The number of nitrogens with two attached hydrogens (primary N) is 1. The Bertz CT molecular complexity index is 590. The van der Waals surface area contributed by atoms with E-state index in [4.69, 9.17) is 10.5 Å². The maximum atomic E-state index is 13.5. The first kappa shape index (κ1) is 13.2. The number of nitrogen functional groups attached to an aromatic ring is 1. The van der Waals surface area contributed by atoms with Gasteiger partial charge in [0.2, 0.25) is 5.88 Å². The van der Waals surface area contributed by atoms with Gasteiger partial charge in [-0.2, -0.15) is 0 Å². The van der Waals surface area contributed by atoms with Gasteiger partial charge in [0, 0.05) is 6.07 Å². The van der Waals surface area contributed by atoms with Crippen LogP contribution in [0.25, 0.3) is 0 Å². The van der Waals surface area contributed by atoms with E-state index in [1.807, 2.05) is 6.92 Å². The highest BCUT2D eigenvalue weighted by Crippen LogP contribution is 2.28. The molecule has 4 nitrogen and oxygen atoms in total. The normalized spacial score (nSPS) is 10.5. The zero-order valence-corrected chi connectivity index (χ0v) is 10.4. The summed E-state index contributed by atoms with van der Waals surface area (Å²) >= 11 is 0. The third-order valence-corrected chi connectivity index (χ3v) is 2.54. The third-order valence-electron chi connectivity index (χ3n) is 2.54. The Hall–Kier alpha value is -2.24. The van der Waals surface area contributed by atoms with E-state index in [0.717, 1.165) is 24.6 Å². The zero-order valence-electron chi connectivity index (χ0n) is 10.4. The number of benzene rings is 1. The van der Waals surface area contributed by atoms with Crippen molar-refractivity contribution in [3.8, 4) is 11.6 Å². The summed E-state index contributed by atoms with van der Waals surface area (Å²) in [6.07, 6.45) is 2.62. The standard InChI is InChI=1S/C13H13F2N3O/c1-2-3-9-12(16)17-7-18-13(9)19-11-6-8(14)4-5-10(11)15/h4-7H,2-3H2,1H3,(H2,16,17,18). The van der Waals surface area contributed by atoms with Crippen LogP contribution < -0.4 is 10.5 Å². The van der Waals surface area contributed by atoms with Crippen molar-refractivity contribution in [2.75, 3.05) is 5.73 Å². The lowest BCUT2D eigenvalue weighted by atomic mass is 10.2.